The normalized spacial score (nSPS) is 14.7. The molecule has 4 N–H and O–H groups in total. The summed E-state index contributed by atoms with van der Waals surface area (Å²) in [5.74, 6) is -2.54. The molecule has 0 bridgehead atoms. The number of thioether (sulfide) groups is 1. The van der Waals surface area contributed by atoms with Crippen LogP contribution in [0, 0.1) is 0 Å². The molecule has 0 saturated carbocycles. The predicted molar refractivity (Wildman–Crippen MR) is 174 cm³/mol. The van der Waals surface area contributed by atoms with Gasteiger partial charge in [0.2, 0.25) is 35.4 Å². The number of methoxy groups -OCH3 is 1. The van der Waals surface area contributed by atoms with Gasteiger partial charge in [-0.3, -0.25) is 33.7 Å². The number of carbonyl (C=O) groups is 8. The number of hydrogen-bond donors (Lipinski definition) is 4. The molecule has 0 aliphatic carbocycles. The van der Waals surface area contributed by atoms with Gasteiger partial charge in [0.25, 0.3) is 0 Å². The van der Waals surface area contributed by atoms with Gasteiger partial charge in [0.15, 0.2) is 0 Å². The van der Waals surface area contributed by atoms with Crippen LogP contribution in [0.2, 0.25) is 0 Å². The lowest BCUT2D eigenvalue weighted by Crippen LogP contribution is -2.53. The van der Waals surface area contributed by atoms with E-state index in [1.54, 1.807) is 0 Å². The molecule has 278 valence electrons. The van der Waals surface area contributed by atoms with Gasteiger partial charge in [0, 0.05) is 71.1 Å². The van der Waals surface area contributed by atoms with Gasteiger partial charge in [-0.25, -0.2) is 0 Å². The quantitative estimate of drug-likeness (QED) is 0.0326. The van der Waals surface area contributed by atoms with Gasteiger partial charge in [-0.2, -0.15) is 0 Å². The number of ether oxygens (including phenoxy) is 5. The first-order valence-corrected chi connectivity index (χ1v) is 17.0. The van der Waals surface area contributed by atoms with Crippen molar-refractivity contribution in [3.05, 3.63) is 0 Å². The molecule has 0 aromatic rings. The largest absolute Gasteiger partial charge is 0.379 e. The molecule has 1 aliphatic heterocycles. The first-order chi connectivity index (χ1) is 23.7. The third-order valence-electron chi connectivity index (χ3n) is 6.46. The molecule has 1 aliphatic rings. The summed E-state index contributed by atoms with van der Waals surface area (Å²) in [6.07, 6.45) is 1.94. The second-order valence-electron chi connectivity index (χ2n) is 10.3. The van der Waals surface area contributed by atoms with Gasteiger partial charge in [-0.15, -0.1) is 11.8 Å². The number of aldehydes is 2. The average molecular weight is 720 g/mol. The Morgan fingerprint density at radius 1 is 0.796 bits per heavy atom. The number of carbonyl (C=O) groups excluding carboxylic acids is 8. The highest BCUT2D eigenvalue weighted by atomic mass is 32.2. The maximum atomic E-state index is 12.8. The van der Waals surface area contributed by atoms with Crippen molar-refractivity contribution >= 4 is 59.8 Å². The number of hydrogen-bond acceptors (Lipinski definition) is 14. The Hall–Kier alpha value is -3.49. The molecule has 0 aromatic carbocycles. The lowest BCUT2D eigenvalue weighted by atomic mass is 10.2. The molecular formula is C30H49N5O13S. The van der Waals surface area contributed by atoms with Crippen LogP contribution in [0.15, 0.2) is 0 Å². The number of likely N-dealkylation sites (tertiary alicyclic amines) is 1. The van der Waals surface area contributed by atoms with E-state index in [9.17, 15) is 38.4 Å². The first-order valence-electron chi connectivity index (χ1n) is 16.0. The molecule has 18 nitrogen and oxygen atoms in total. The van der Waals surface area contributed by atoms with Crippen molar-refractivity contribution in [1.82, 2.24) is 26.2 Å². The van der Waals surface area contributed by atoms with Crippen molar-refractivity contribution < 1.29 is 62.0 Å². The Balaban J connectivity index is 2.39. The highest BCUT2D eigenvalue weighted by molar-refractivity contribution is 8.00. The zero-order valence-electron chi connectivity index (χ0n) is 27.9. The van der Waals surface area contributed by atoms with Crippen LogP contribution in [-0.4, -0.2) is 163 Å². The van der Waals surface area contributed by atoms with Crippen LogP contribution in [0.3, 0.4) is 0 Å². The van der Waals surface area contributed by atoms with Crippen LogP contribution in [0.1, 0.15) is 32.1 Å². The predicted octanol–water partition coefficient (Wildman–Crippen LogP) is -2.65. The highest BCUT2D eigenvalue weighted by Gasteiger charge is 2.38. The van der Waals surface area contributed by atoms with Crippen LogP contribution in [0.5, 0.6) is 0 Å². The fourth-order valence-electron chi connectivity index (χ4n) is 4.03. The lowest BCUT2D eigenvalue weighted by molar-refractivity contribution is -0.138. The van der Waals surface area contributed by atoms with Crippen molar-refractivity contribution in [3.63, 3.8) is 0 Å². The standard InChI is InChI=1S/C30H49N5O13S/c1-44-22-27(40)33-21-23(29(42)32-7-14-48-18-16-46-12-3-10-37)34-26(39)5-19-49-24-20-28(41)35(30(24)43)8-4-25(38)31-6-13-47-17-15-45-11-2-9-36/h9-10,23-24H,2-8,11-22H2,1H3,(H,31,38)(H,32,42)(H,33,40)(H,34,39)/t23-,24?/m1/s1. The van der Waals surface area contributed by atoms with Crippen molar-refractivity contribution in [2.24, 2.45) is 0 Å². The Morgan fingerprint density at radius 3 is 1.98 bits per heavy atom. The van der Waals surface area contributed by atoms with Gasteiger partial charge in [-0.05, 0) is 0 Å². The number of imide groups is 1. The van der Waals surface area contributed by atoms with Gasteiger partial charge in [-0.1, -0.05) is 0 Å². The molecule has 6 amide bonds. The van der Waals surface area contributed by atoms with Crippen LogP contribution >= 0.6 is 11.8 Å². The maximum Gasteiger partial charge on any atom is 0.246 e. The third kappa shape index (κ3) is 21.3. The summed E-state index contributed by atoms with van der Waals surface area (Å²) in [5, 5.41) is 9.67. The molecule has 1 unspecified atom stereocenters. The summed E-state index contributed by atoms with van der Waals surface area (Å²) in [4.78, 5) is 96.2. The summed E-state index contributed by atoms with van der Waals surface area (Å²) < 4.78 is 25.8. The molecule has 1 saturated heterocycles. The molecular weight excluding hydrogens is 670 g/mol. The van der Waals surface area contributed by atoms with E-state index in [1.807, 2.05) is 0 Å². The summed E-state index contributed by atoms with van der Waals surface area (Å²) in [6.45, 7) is 2.13. The van der Waals surface area contributed by atoms with Gasteiger partial charge < -0.3 is 54.5 Å². The number of nitrogens with one attached hydrogen (secondary N) is 4. The van der Waals surface area contributed by atoms with E-state index < -0.39 is 40.8 Å². The molecule has 0 aromatic heterocycles. The monoisotopic (exact) mass is 719 g/mol. The van der Waals surface area contributed by atoms with E-state index in [4.69, 9.17) is 23.7 Å². The van der Waals surface area contributed by atoms with E-state index in [-0.39, 0.29) is 83.5 Å². The van der Waals surface area contributed by atoms with Crippen molar-refractivity contribution in [2.45, 2.75) is 43.4 Å². The van der Waals surface area contributed by atoms with E-state index in [2.05, 4.69) is 21.3 Å². The van der Waals surface area contributed by atoms with Crippen LogP contribution in [0.4, 0.5) is 0 Å². The van der Waals surface area contributed by atoms with E-state index in [0.29, 0.717) is 45.9 Å². The molecule has 19 heteroatoms. The molecule has 0 spiro atoms. The summed E-state index contributed by atoms with van der Waals surface area (Å²) in [6, 6.07) is -1.10. The van der Waals surface area contributed by atoms with E-state index in [1.165, 1.54) is 7.11 Å². The summed E-state index contributed by atoms with van der Waals surface area (Å²) in [7, 11) is 1.34. The summed E-state index contributed by atoms with van der Waals surface area (Å²) in [5.41, 5.74) is 0. The number of amides is 6. The van der Waals surface area contributed by atoms with Crippen LogP contribution in [-0.2, 0) is 62.0 Å². The minimum absolute atomic E-state index is 0.0565. The smallest absolute Gasteiger partial charge is 0.246 e. The zero-order chi connectivity index (χ0) is 36.1. The van der Waals surface area contributed by atoms with Crippen LogP contribution < -0.4 is 21.3 Å². The van der Waals surface area contributed by atoms with E-state index >= 15 is 0 Å². The minimum Gasteiger partial charge on any atom is -0.379 e. The molecule has 2 atom stereocenters. The van der Waals surface area contributed by atoms with Crippen LogP contribution in [0.25, 0.3) is 0 Å². The van der Waals surface area contributed by atoms with E-state index in [0.717, 1.165) is 29.2 Å². The first kappa shape index (κ1) is 43.5. The Labute approximate surface area is 289 Å². The van der Waals surface area contributed by atoms with Gasteiger partial charge >= 0.3 is 0 Å². The SMILES string of the molecule is COCC(=O)NC[C@@H](NC(=O)CCSC1CC(=O)N(CCC(=O)NCCOCCOCCC=O)C1=O)C(=O)NCCOCCOCCC=O. The van der Waals surface area contributed by atoms with Crippen molar-refractivity contribution in [2.75, 3.05) is 98.5 Å². The second kappa shape index (κ2) is 28.4. The summed E-state index contributed by atoms with van der Waals surface area (Å²) >= 11 is 1.13. The highest BCUT2D eigenvalue weighted by Crippen LogP contribution is 2.25. The molecule has 1 rings (SSSR count). The van der Waals surface area contributed by atoms with Gasteiger partial charge in [0.05, 0.1) is 58.1 Å². The number of rotatable bonds is 31. The fraction of sp³-hybridized carbons (Fsp3) is 0.733. The van der Waals surface area contributed by atoms with Crippen molar-refractivity contribution in [3.8, 4) is 0 Å². The molecule has 49 heavy (non-hydrogen) atoms. The third-order valence-corrected chi connectivity index (χ3v) is 7.67. The zero-order valence-corrected chi connectivity index (χ0v) is 28.7. The topological polar surface area (TPSA) is 234 Å². The second-order valence-corrected chi connectivity index (χ2v) is 11.6. The lowest BCUT2D eigenvalue weighted by Gasteiger charge is -2.19. The Morgan fingerprint density at radius 2 is 1.39 bits per heavy atom. The molecule has 1 heterocycles. The fourth-order valence-corrected chi connectivity index (χ4v) is 5.14. The molecule has 0 radical (unpaired) electrons. The maximum absolute atomic E-state index is 12.8. The Bertz CT molecular complexity index is 1050. The molecule has 1 fully saturated rings. The average Bonchev–Trinajstić information content (AvgIpc) is 3.35. The Kier molecular flexibility index (Phi) is 25.2. The number of nitrogens with zero attached hydrogens (tertiary/aromatic N) is 1. The minimum atomic E-state index is -1.10. The van der Waals surface area contributed by atoms with Gasteiger partial charge in [0.1, 0.15) is 25.2 Å². The van der Waals surface area contributed by atoms with Crippen molar-refractivity contribution in [1.29, 1.82) is 0 Å².